The van der Waals surface area contributed by atoms with Crippen molar-refractivity contribution in [2.75, 3.05) is 10.6 Å². The van der Waals surface area contributed by atoms with Crippen LogP contribution in [0.3, 0.4) is 0 Å². The number of carbonyl (C=O) groups is 2. The highest BCUT2D eigenvalue weighted by molar-refractivity contribution is 9.12. The number of nitrogens with one attached hydrogen (secondary N) is 2. The van der Waals surface area contributed by atoms with Crippen LogP contribution in [0.2, 0.25) is 0 Å². The van der Waals surface area contributed by atoms with Gasteiger partial charge < -0.3 is 10.6 Å². The van der Waals surface area contributed by atoms with Crippen molar-refractivity contribution in [1.29, 1.82) is 0 Å². The summed E-state index contributed by atoms with van der Waals surface area (Å²) in [4.78, 5) is 22.5. The van der Waals surface area contributed by atoms with Crippen molar-refractivity contribution in [3.8, 4) is 0 Å². The summed E-state index contributed by atoms with van der Waals surface area (Å²) >= 11 is 3.34. The van der Waals surface area contributed by atoms with Crippen LogP contribution in [0.5, 0.6) is 0 Å². The van der Waals surface area contributed by atoms with Crippen LogP contribution in [0.25, 0.3) is 0 Å². The summed E-state index contributed by atoms with van der Waals surface area (Å²) in [5, 5.41) is 5.95. The Kier molecular flexibility index (Phi) is 4.37. The summed E-state index contributed by atoms with van der Waals surface area (Å²) in [5.74, 6) is 0.0488. The molecule has 2 rings (SSSR count). The molecule has 4 nitrogen and oxygen atoms in total. The standard InChI is InChI=1S/C14H15BrN2O2/c1-9(18)16-10-5-7-11(8-6-10)17-12-3-2-4-13(19)14(12)15/h5-8,17H,2-4H2,1H3,(H,16,18). The molecular formula is C14H15BrN2O2. The maximum absolute atomic E-state index is 11.6. The van der Waals surface area contributed by atoms with Crippen molar-refractivity contribution in [2.24, 2.45) is 0 Å². The predicted molar refractivity (Wildman–Crippen MR) is 79.2 cm³/mol. The van der Waals surface area contributed by atoms with E-state index in [1.165, 1.54) is 6.92 Å². The average Bonchev–Trinajstić information content (AvgIpc) is 2.37. The van der Waals surface area contributed by atoms with Gasteiger partial charge in [0.15, 0.2) is 5.78 Å². The molecule has 0 saturated heterocycles. The molecule has 0 atom stereocenters. The highest BCUT2D eigenvalue weighted by atomic mass is 79.9. The van der Waals surface area contributed by atoms with E-state index in [0.717, 1.165) is 29.9 Å². The summed E-state index contributed by atoms with van der Waals surface area (Å²) in [6.07, 6.45) is 2.34. The van der Waals surface area contributed by atoms with Crippen LogP contribution in [0, 0.1) is 0 Å². The number of hydrogen-bond acceptors (Lipinski definition) is 3. The quantitative estimate of drug-likeness (QED) is 0.896. The first kappa shape index (κ1) is 13.8. The fourth-order valence-corrected chi connectivity index (χ4v) is 2.44. The molecule has 1 amide bonds. The van der Waals surface area contributed by atoms with Gasteiger partial charge in [-0.3, -0.25) is 9.59 Å². The number of anilines is 2. The Hall–Kier alpha value is -1.62. The van der Waals surface area contributed by atoms with E-state index in [1.807, 2.05) is 24.3 Å². The summed E-state index contributed by atoms with van der Waals surface area (Å²) in [7, 11) is 0. The summed E-state index contributed by atoms with van der Waals surface area (Å²) in [6, 6.07) is 7.39. The molecule has 0 bridgehead atoms. The third kappa shape index (κ3) is 3.67. The topological polar surface area (TPSA) is 58.2 Å². The van der Waals surface area contributed by atoms with Gasteiger partial charge in [0.25, 0.3) is 0 Å². The van der Waals surface area contributed by atoms with E-state index in [-0.39, 0.29) is 11.7 Å². The van der Waals surface area contributed by atoms with Gasteiger partial charge in [-0.25, -0.2) is 0 Å². The number of amides is 1. The number of halogens is 1. The molecule has 1 aliphatic rings. The van der Waals surface area contributed by atoms with Crippen LogP contribution < -0.4 is 10.6 Å². The Balaban J connectivity index is 2.09. The number of rotatable bonds is 3. The molecular weight excluding hydrogens is 308 g/mol. The van der Waals surface area contributed by atoms with Gasteiger partial charge in [-0.2, -0.15) is 0 Å². The molecule has 1 aromatic carbocycles. The van der Waals surface area contributed by atoms with E-state index in [1.54, 1.807) is 0 Å². The van der Waals surface area contributed by atoms with Gasteiger partial charge in [0.1, 0.15) is 0 Å². The van der Waals surface area contributed by atoms with Crippen LogP contribution in [0.4, 0.5) is 11.4 Å². The molecule has 1 aliphatic carbocycles. The second-order valence-electron chi connectivity index (χ2n) is 4.45. The van der Waals surface area contributed by atoms with Crippen molar-refractivity contribution in [3.05, 3.63) is 34.4 Å². The molecule has 0 fully saturated rings. The van der Waals surface area contributed by atoms with Crippen LogP contribution in [0.1, 0.15) is 26.2 Å². The number of benzene rings is 1. The summed E-state index contributed by atoms with van der Waals surface area (Å²) in [5.41, 5.74) is 2.57. The molecule has 0 aliphatic heterocycles. The maximum atomic E-state index is 11.6. The molecule has 100 valence electrons. The van der Waals surface area contributed by atoms with Gasteiger partial charge in [0.2, 0.25) is 5.91 Å². The lowest BCUT2D eigenvalue weighted by Crippen LogP contribution is -2.13. The Morgan fingerprint density at radius 2 is 1.79 bits per heavy atom. The first-order valence-electron chi connectivity index (χ1n) is 6.13. The molecule has 1 aromatic rings. The SMILES string of the molecule is CC(=O)Nc1ccc(NC2=C(Br)C(=O)CCC2)cc1. The van der Waals surface area contributed by atoms with E-state index in [2.05, 4.69) is 26.6 Å². The molecule has 0 aromatic heterocycles. The minimum atomic E-state index is -0.0935. The number of carbonyl (C=O) groups excluding carboxylic acids is 2. The zero-order valence-corrected chi connectivity index (χ0v) is 12.2. The molecule has 0 saturated carbocycles. The van der Waals surface area contributed by atoms with Gasteiger partial charge in [0, 0.05) is 30.4 Å². The summed E-state index contributed by atoms with van der Waals surface area (Å²) in [6.45, 7) is 1.47. The minimum Gasteiger partial charge on any atom is -0.358 e. The first-order chi connectivity index (χ1) is 9.06. The number of ketones is 1. The lowest BCUT2D eigenvalue weighted by atomic mass is 10.0. The van der Waals surface area contributed by atoms with E-state index in [9.17, 15) is 9.59 Å². The molecule has 2 N–H and O–H groups in total. The third-order valence-electron chi connectivity index (χ3n) is 2.84. The Morgan fingerprint density at radius 3 is 2.42 bits per heavy atom. The van der Waals surface area contributed by atoms with Crippen molar-refractivity contribution in [2.45, 2.75) is 26.2 Å². The normalized spacial score (nSPS) is 15.4. The lowest BCUT2D eigenvalue weighted by molar-refractivity contribution is -0.115. The number of allylic oxidation sites excluding steroid dienone is 2. The average molecular weight is 323 g/mol. The molecule has 5 heteroatoms. The largest absolute Gasteiger partial charge is 0.358 e. The lowest BCUT2D eigenvalue weighted by Gasteiger charge is -2.17. The van der Waals surface area contributed by atoms with Gasteiger partial charge >= 0.3 is 0 Å². The van der Waals surface area contributed by atoms with Crippen LogP contribution >= 0.6 is 15.9 Å². The van der Waals surface area contributed by atoms with E-state index in [4.69, 9.17) is 0 Å². The van der Waals surface area contributed by atoms with Crippen LogP contribution in [-0.4, -0.2) is 11.7 Å². The second kappa shape index (κ2) is 6.02. The van der Waals surface area contributed by atoms with E-state index < -0.39 is 0 Å². The fourth-order valence-electron chi connectivity index (χ4n) is 1.95. The van der Waals surface area contributed by atoms with E-state index in [0.29, 0.717) is 10.9 Å². The third-order valence-corrected chi connectivity index (χ3v) is 3.76. The molecule has 0 spiro atoms. The monoisotopic (exact) mass is 322 g/mol. The Bertz CT molecular complexity index is 535. The number of Topliss-reactive ketones (excluding diaryl/α,β-unsaturated/α-hetero) is 1. The molecule has 0 unspecified atom stereocenters. The van der Waals surface area contributed by atoms with Crippen LogP contribution in [-0.2, 0) is 9.59 Å². The Labute approximate surface area is 120 Å². The zero-order chi connectivity index (χ0) is 13.8. The van der Waals surface area contributed by atoms with Gasteiger partial charge in [0.05, 0.1) is 4.48 Å². The smallest absolute Gasteiger partial charge is 0.221 e. The molecule has 0 heterocycles. The van der Waals surface area contributed by atoms with Crippen molar-refractivity contribution < 1.29 is 9.59 Å². The van der Waals surface area contributed by atoms with Crippen molar-refractivity contribution >= 4 is 39.0 Å². The zero-order valence-electron chi connectivity index (χ0n) is 10.6. The molecule has 19 heavy (non-hydrogen) atoms. The van der Waals surface area contributed by atoms with E-state index >= 15 is 0 Å². The highest BCUT2D eigenvalue weighted by Gasteiger charge is 2.18. The first-order valence-corrected chi connectivity index (χ1v) is 6.92. The second-order valence-corrected chi connectivity index (χ2v) is 5.25. The highest BCUT2D eigenvalue weighted by Crippen LogP contribution is 2.27. The molecule has 0 radical (unpaired) electrons. The summed E-state index contributed by atoms with van der Waals surface area (Å²) < 4.78 is 0.643. The van der Waals surface area contributed by atoms with Gasteiger partial charge in [-0.15, -0.1) is 0 Å². The number of hydrogen-bond donors (Lipinski definition) is 2. The van der Waals surface area contributed by atoms with Crippen molar-refractivity contribution in [3.63, 3.8) is 0 Å². The fraction of sp³-hybridized carbons (Fsp3) is 0.286. The minimum absolute atomic E-state index is 0.0935. The Morgan fingerprint density at radius 1 is 1.16 bits per heavy atom. The van der Waals surface area contributed by atoms with Crippen molar-refractivity contribution in [1.82, 2.24) is 0 Å². The van der Waals surface area contributed by atoms with Gasteiger partial charge in [-0.1, -0.05) is 0 Å². The van der Waals surface area contributed by atoms with Crippen LogP contribution in [0.15, 0.2) is 34.4 Å². The predicted octanol–water partition coefficient (Wildman–Crippen LogP) is 3.42. The maximum Gasteiger partial charge on any atom is 0.221 e. The van der Waals surface area contributed by atoms with Gasteiger partial charge in [-0.05, 0) is 53.0 Å².